The molecule has 0 amide bonds. The monoisotopic (exact) mass is 266 g/mol. The van der Waals surface area contributed by atoms with Gasteiger partial charge in [-0.05, 0) is 36.1 Å². The third-order valence-electron chi connectivity index (χ3n) is 3.43. The average Bonchev–Trinajstić information content (AvgIpc) is 2.78. The summed E-state index contributed by atoms with van der Waals surface area (Å²) in [6.45, 7) is 7.03. The van der Waals surface area contributed by atoms with Crippen LogP contribution in [-0.4, -0.2) is 0 Å². The molecule has 1 heteroatoms. The highest BCUT2D eigenvalue weighted by molar-refractivity contribution is 7.09. The fraction of sp³-hybridized carbons (Fsp3) is 0.765. The highest BCUT2D eigenvalue weighted by Gasteiger charge is 2.08. The molecule has 0 N–H and O–H groups in total. The van der Waals surface area contributed by atoms with Gasteiger partial charge in [0.05, 0.1) is 0 Å². The van der Waals surface area contributed by atoms with E-state index >= 15 is 0 Å². The first-order valence-electron chi connectivity index (χ1n) is 7.60. The maximum Gasteiger partial charge on any atom is 0.00452 e. The number of hydrogen-bond acceptors (Lipinski definition) is 1. The Kier molecular flexibility index (Phi) is 7.65. The van der Waals surface area contributed by atoms with Gasteiger partial charge in [0.2, 0.25) is 0 Å². The lowest BCUT2D eigenvalue weighted by atomic mass is 9.89. The summed E-state index contributed by atoms with van der Waals surface area (Å²) in [5.41, 5.74) is 0.528. The summed E-state index contributed by atoms with van der Waals surface area (Å²) < 4.78 is 0. The topological polar surface area (TPSA) is 0 Å². The first-order valence-corrected chi connectivity index (χ1v) is 8.48. The van der Waals surface area contributed by atoms with Gasteiger partial charge in [-0.1, -0.05) is 65.4 Å². The van der Waals surface area contributed by atoms with Crippen LogP contribution in [0.15, 0.2) is 17.5 Å². The standard InChI is InChI=1S/C17H30S/c1-17(2,3)14-10-8-6-4-5-7-9-12-16-13-11-15-18-16/h11,13,15H,4-10,12,14H2,1-3H3. The fourth-order valence-electron chi connectivity index (χ4n) is 2.29. The molecule has 1 rings (SSSR count). The molecule has 0 aliphatic heterocycles. The van der Waals surface area contributed by atoms with Gasteiger partial charge in [-0.2, -0.15) is 0 Å². The van der Waals surface area contributed by atoms with Crippen molar-refractivity contribution in [3.8, 4) is 0 Å². The Morgan fingerprint density at radius 1 is 0.889 bits per heavy atom. The summed E-state index contributed by atoms with van der Waals surface area (Å²) in [5.74, 6) is 0. The van der Waals surface area contributed by atoms with Crippen LogP contribution in [0.4, 0.5) is 0 Å². The molecule has 0 aliphatic carbocycles. The fourth-order valence-corrected chi connectivity index (χ4v) is 3.04. The van der Waals surface area contributed by atoms with E-state index in [4.69, 9.17) is 0 Å². The second-order valence-electron chi connectivity index (χ2n) is 6.61. The van der Waals surface area contributed by atoms with Crippen molar-refractivity contribution in [1.82, 2.24) is 0 Å². The van der Waals surface area contributed by atoms with Crippen LogP contribution in [0, 0.1) is 5.41 Å². The first kappa shape index (κ1) is 15.8. The Bertz CT molecular complexity index is 279. The maximum atomic E-state index is 2.34. The summed E-state index contributed by atoms with van der Waals surface area (Å²) in [6.07, 6.45) is 12.6. The van der Waals surface area contributed by atoms with Crippen LogP contribution in [0.5, 0.6) is 0 Å². The van der Waals surface area contributed by atoms with Crippen molar-refractivity contribution in [3.05, 3.63) is 22.4 Å². The van der Waals surface area contributed by atoms with Gasteiger partial charge in [0, 0.05) is 4.88 Å². The predicted octanol–water partition coefficient (Wildman–Crippen LogP) is 6.46. The van der Waals surface area contributed by atoms with E-state index in [1.54, 1.807) is 4.88 Å². The van der Waals surface area contributed by atoms with E-state index in [0.717, 1.165) is 0 Å². The summed E-state index contributed by atoms with van der Waals surface area (Å²) in [7, 11) is 0. The summed E-state index contributed by atoms with van der Waals surface area (Å²) in [6, 6.07) is 4.42. The van der Waals surface area contributed by atoms with Crippen LogP contribution in [0.25, 0.3) is 0 Å². The van der Waals surface area contributed by atoms with Gasteiger partial charge in [-0.15, -0.1) is 11.3 Å². The largest absolute Gasteiger partial charge is 0.149 e. The first-order chi connectivity index (χ1) is 8.58. The maximum absolute atomic E-state index is 2.34. The van der Waals surface area contributed by atoms with Crippen LogP contribution >= 0.6 is 11.3 Å². The molecule has 0 fully saturated rings. The van der Waals surface area contributed by atoms with Crippen LogP contribution in [0.1, 0.15) is 77.0 Å². The Balaban J connectivity index is 1.82. The van der Waals surface area contributed by atoms with Crippen molar-refractivity contribution in [2.75, 3.05) is 0 Å². The van der Waals surface area contributed by atoms with Crippen molar-refractivity contribution in [2.24, 2.45) is 5.41 Å². The zero-order valence-corrected chi connectivity index (χ0v) is 13.3. The minimum Gasteiger partial charge on any atom is -0.149 e. The SMILES string of the molecule is CC(C)(C)CCCCCCCCCc1cccs1. The smallest absolute Gasteiger partial charge is 0.00452 e. The van der Waals surface area contributed by atoms with E-state index in [-0.39, 0.29) is 0 Å². The van der Waals surface area contributed by atoms with Crippen LogP contribution in [-0.2, 0) is 6.42 Å². The average molecular weight is 266 g/mol. The molecule has 0 aliphatic rings. The highest BCUT2D eigenvalue weighted by Crippen LogP contribution is 2.22. The van der Waals surface area contributed by atoms with Gasteiger partial charge in [0.25, 0.3) is 0 Å². The number of rotatable bonds is 9. The Labute approximate surface area is 118 Å². The van der Waals surface area contributed by atoms with E-state index in [1.807, 2.05) is 11.3 Å². The quantitative estimate of drug-likeness (QED) is 0.450. The molecule has 1 aromatic heterocycles. The molecule has 0 atom stereocenters. The number of aryl methyl sites for hydroxylation is 1. The second kappa shape index (κ2) is 8.74. The Hall–Kier alpha value is -0.300. The normalized spacial score (nSPS) is 11.9. The van der Waals surface area contributed by atoms with Crippen LogP contribution in [0.2, 0.25) is 0 Å². The zero-order valence-electron chi connectivity index (χ0n) is 12.5. The van der Waals surface area contributed by atoms with E-state index < -0.39 is 0 Å². The van der Waals surface area contributed by atoms with E-state index in [0.29, 0.717) is 5.41 Å². The number of unbranched alkanes of at least 4 members (excludes halogenated alkanes) is 6. The lowest BCUT2D eigenvalue weighted by Gasteiger charge is -2.17. The molecular weight excluding hydrogens is 236 g/mol. The van der Waals surface area contributed by atoms with Crippen molar-refractivity contribution >= 4 is 11.3 Å². The van der Waals surface area contributed by atoms with Crippen molar-refractivity contribution in [1.29, 1.82) is 0 Å². The van der Waals surface area contributed by atoms with E-state index in [1.165, 1.54) is 57.8 Å². The summed E-state index contributed by atoms with van der Waals surface area (Å²) in [5, 5.41) is 2.19. The van der Waals surface area contributed by atoms with Gasteiger partial charge in [-0.3, -0.25) is 0 Å². The van der Waals surface area contributed by atoms with Gasteiger partial charge >= 0.3 is 0 Å². The Morgan fingerprint density at radius 3 is 2.06 bits per heavy atom. The molecule has 0 radical (unpaired) electrons. The van der Waals surface area contributed by atoms with Crippen molar-refractivity contribution in [3.63, 3.8) is 0 Å². The van der Waals surface area contributed by atoms with E-state index in [2.05, 4.69) is 38.3 Å². The third-order valence-corrected chi connectivity index (χ3v) is 4.37. The van der Waals surface area contributed by atoms with Crippen LogP contribution in [0.3, 0.4) is 0 Å². The Morgan fingerprint density at radius 2 is 1.50 bits per heavy atom. The lowest BCUT2D eigenvalue weighted by Crippen LogP contribution is -2.03. The second-order valence-corrected chi connectivity index (χ2v) is 7.65. The molecule has 18 heavy (non-hydrogen) atoms. The molecule has 0 spiro atoms. The van der Waals surface area contributed by atoms with Gasteiger partial charge in [-0.25, -0.2) is 0 Å². The molecule has 0 bridgehead atoms. The lowest BCUT2D eigenvalue weighted by molar-refractivity contribution is 0.356. The molecule has 0 aromatic carbocycles. The zero-order chi connectivity index (χ0) is 13.3. The van der Waals surface area contributed by atoms with Crippen LogP contribution < -0.4 is 0 Å². The minimum atomic E-state index is 0.528. The summed E-state index contributed by atoms with van der Waals surface area (Å²) in [4.78, 5) is 1.56. The number of thiophene rings is 1. The van der Waals surface area contributed by atoms with Gasteiger partial charge in [0.1, 0.15) is 0 Å². The molecule has 0 nitrogen and oxygen atoms in total. The van der Waals surface area contributed by atoms with Gasteiger partial charge < -0.3 is 0 Å². The molecule has 1 heterocycles. The molecular formula is C17H30S. The van der Waals surface area contributed by atoms with E-state index in [9.17, 15) is 0 Å². The van der Waals surface area contributed by atoms with Gasteiger partial charge in [0.15, 0.2) is 0 Å². The molecule has 104 valence electrons. The third kappa shape index (κ3) is 8.74. The number of hydrogen-bond donors (Lipinski definition) is 0. The van der Waals surface area contributed by atoms with Crippen molar-refractivity contribution in [2.45, 2.75) is 78.6 Å². The van der Waals surface area contributed by atoms with Crippen molar-refractivity contribution < 1.29 is 0 Å². The predicted molar refractivity (Wildman–Crippen MR) is 84.4 cm³/mol. The molecule has 0 saturated heterocycles. The molecule has 0 unspecified atom stereocenters. The molecule has 1 aromatic rings. The minimum absolute atomic E-state index is 0.528. The molecule has 0 saturated carbocycles. The summed E-state index contributed by atoms with van der Waals surface area (Å²) >= 11 is 1.90. The highest BCUT2D eigenvalue weighted by atomic mass is 32.1.